The average Bonchev–Trinajstić information content (AvgIpc) is 2.62. The van der Waals surface area contributed by atoms with Gasteiger partial charge in [-0.25, -0.2) is 9.97 Å². The Balaban J connectivity index is 1.74. The van der Waals surface area contributed by atoms with Crippen molar-refractivity contribution in [2.24, 2.45) is 0 Å². The summed E-state index contributed by atoms with van der Waals surface area (Å²) in [4.78, 5) is 32.6. The van der Waals surface area contributed by atoms with E-state index < -0.39 is 0 Å². The number of carbonyl (C=O) groups excluding carboxylic acids is 2. The third-order valence-corrected chi connectivity index (χ3v) is 5.12. The van der Waals surface area contributed by atoms with Crippen LogP contribution in [-0.4, -0.2) is 26.8 Å². The number of fused-ring (bicyclic) bond motifs is 1. The van der Waals surface area contributed by atoms with Crippen molar-refractivity contribution in [3.8, 4) is 0 Å². The zero-order chi connectivity index (χ0) is 17.8. The molecule has 0 spiro atoms. The summed E-state index contributed by atoms with van der Waals surface area (Å²) in [7, 11) is 0. The summed E-state index contributed by atoms with van der Waals surface area (Å²) in [5, 5.41) is 1.52. The molecule has 3 aromatic rings. The van der Waals surface area contributed by atoms with E-state index in [1.165, 1.54) is 25.0 Å². The van der Waals surface area contributed by atoms with Crippen molar-refractivity contribution >= 4 is 34.2 Å². The molecule has 0 bridgehead atoms. The molecule has 0 radical (unpaired) electrons. The highest BCUT2D eigenvalue weighted by atomic mass is 32.2. The lowest BCUT2D eigenvalue weighted by Crippen LogP contribution is -2.16. The van der Waals surface area contributed by atoms with Crippen molar-refractivity contribution in [1.29, 1.82) is 0 Å². The Morgan fingerprint density at radius 3 is 2.68 bits per heavy atom. The SMILES string of the molecule is CC(=O)c1cccc(CC(=O)C(C)Sc2ncnc3ccccc23)c1. The fourth-order valence-corrected chi connectivity index (χ4v) is 3.51. The zero-order valence-corrected chi connectivity index (χ0v) is 14.9. The van der Waals surface area contributed by atoms with E-state index in [2.05, 4.69) is 9.97 Å². The maximum Gasteiger partial charge on any atom is 0.159 e. The van der Waals surface area contributed by atoms with Crippen molar-refractivity contribution in [2.45, 2.75) is 30.5 Å². The molecule has 1 unspecified atom stereocenters. The number of rotatable bonds is 6. The first kappa shape index (κ1) is 17.3. The molecule has 0 aliphatic heterocycles. The van der Waals surface area contributed by atoms with E-state index in [1.807, 2.05) is 43.3 Å². The summed E-state index contributed by atoms with van der Waals surface area (Å²) in [6.07, 6.45) is 1.83. The highest BCUT2D eigenvalue weighted by molar-refractivity contribution is 8.00. The highest BCUT2D eigenvalue weighted by Crippen LogP contribution is 2.28. The molecule has 1 aromatic heterocycles. The van der Waals surface area contributed by atoms with Gasteiger partial charge in [0.1, 0.15) is 17.1 Å². The van der Waals surface area contributed by atoms with Gasteiger partial charge >= 0.3 is 0 Å². The molecule has 25 heavy (non-hydrogen) atoms. The molecular formula is C20H18N2O2S. The van der Waals surface area contributed by atoms with Gasteiger partial charge in [0.05, 0.1) is 10.8 Å². The van der Waals surface area contributed by atoms with Crippen LogP contribution in [0.5, 0.6) is 0 Å². The van der Waals surface area contributed by atoms with E-state index in [0.29, 0.717) is 12.0 Å². The number of thioether (sulfide) groups is 1. The molecule has 5 heteroatoms. The van der Waals surface area contributed by atoms with Crippen LogP contribution in [0.15, 0.2) is 59.9 Å². The molecule has 0 aliphatic rings. The van der Waals surface area contributed by atoms with Crippen LogP contribution < -0.4 is 0 Å². The van der Waals surface area contributed by atoms with Crippen molar-refractivity contribution in [3.05, 3.63) is 66.0 Å². The quantitative estimate of drug-likeness (QED) is 0.380. The maximum atomic E-state index is 12.6. The minimum atomic E-state index is -0.237. The monoisotopic (exact) mass is 350 g/mol. The number of carbonyl (C=O) groups is 2. The highest BCUT2D eigenvalue weighted by Gasteiger charge is 2.17. The fraction of sp³-hybridized carbons (Fsp3) is 0.200. The Morgan fingerprint density at radius 1 is 1.08 bits per heavy atom. The first-order valence-corrected chi connectivity index (χ1v) is 8.91. The third-order valence-electron chi connectivity index (χ3n) is 3.96. The Hall–Kier alpha value is -2.53. The van der Waals surface area contributed by atoms with Gasteiger partial charge < -0.3 is 0 Å². The number of benzene rings is 2. The summed E-state index contributed by atoms with van der Waals surface area (Å²) in [5.74, 6) is 0.109. The molecule has 0 saturated carbocycles. The Morgan fingerprint density at radius 2 is 1.88 bits per heavy atom. The second-order valence-corrected chi connectivity index (χ2v) is 7.19. The molecular weight excluding hydrogens is 332 g/mol. The molecule has 126 valence electrons. The molecule has 0 fully saturated rings. The van der Waals surface area contributed by atoms with Gasteiger partial charge in [0.25, 0.3) is 0 Å². The third kappa shape index (κ3) is 4.12. The molecule has 0 amide bonds. The Bertz CT molecular complexity index is 934. The van der Waals surface area contributed by atoms with E-state index >= 15 is 0 Å². The van der Waals surface area contributed by atoms with Crippen LogP contribution >= 0.6 is 11.8 Å². The second-order valence-electron chi connectivity index (χ2n) is 5.86. The van der Waals surface area contributed by atoms with Gasteiger partial charge in [-0.3, -0.25) is 9.59 Å². The van der Waals surface area contributed by atoms with Gasteiger partial charge in [0, 0.05) is 17.4 Å². The standard InChI is InChI=1S/C20H18N2O2S/c1-13(23)16-7-5-6-15(10-16)11-19(24)14(2)25-20-17-8-3-4-9-18(17)21-12-22-20/h3-10,12,14H,11H2,1-2H3. The molecule has 1 atom stereocenters. The van der Waals surface area contributed by atoms with E-state index in [-0.39, 0.29) is 16.8 Å². The van der Waals surface area contributed by atoms with E-state index in [4.69, 9.17) is 0 Å². The lowest BCUT2D eigenvalue weighted by Gasteiger charge is -2.11. The summed E-state index contributed by atoms with van der Waals surface area (Å²) in [6, 6.07) is 15.0. The van der Waals surface area contributed by atoms with Gasteiger partial charge in [0.2, 0.25) is 0 Å². The first-order chi connectivity index (χ1) is 12.0. The smallest absolute Gasteiger partial charge is 0.159 e. The second kappa shape index (κ2) is 7.57. The summed E-state index contributed by atoms with van der Waals surface area (Å²) >= 11 is 1.44. The molecule has 2 aromatic carbocycles. The summed E-state index contributed by atoms with van der Waals surface area (Å²) in [6.45, 7) is 3.42. The van der Waals surface area contributed by atoms with Crippen molar-refractivity contribution in [2.75, 3.05) is 0 Å². The first-order valence-electron chi connectivity index (χ1n) is 8.03. The Labute approximate surface area is 150 Å². The largest absolute Gasteiger partial charge is 0.298 e. The average molecular weight is 350 g/mol. The Kier molecular flexibility index (Phi) is 5.24. The van der Waals surface area contributed by atoms with E-state index in [0.717, 1.165) is 21.5 Å². The number of aromatic nitrogens is 2. The van der Waals surface area contributed by atoms with E-state index in [1.54, 1.807) is 12.1 Å². The molecule has 0 aliphatic carbocycles. The summed E-state index contributed by atoms with van der Waals surface area (Å²) < 4.78 is 0. The molecule has 0 N–H and O–H groups in total. The molecule has 4 nitrogen and oxygen atoms in total. The van der Waals surface area contributed by atoms with Gasteiger partial charge in [-0.2, -0.15) is 0 Å². The van der Waals surface area contributed by atoms with Crippen molar-refractivity contribution < 1.29 is 9.59 Å². The van der Waals surface area contributed by atoms with Gasteiger partial charge in [-0.05, 0) is 31.5 Å². The van der Waals surface area contributed by atoms with Crippen LogP contribution in [0, 0.1) is 0 Å². The van der Waals surface area contributed by atoms with Crippen LogP contribution in [0.25, 0.3) is 10.9 Å². The van der Waals surface area contributed by atoms with Crippen molar-refractivity contribution in [3.63, 3.8) is 0 Å². The molecule has 0 saturated heterocycles. The molecule has 3 rings (SSSR count). The minimum Gasteiger partial charge on any atom is -0.298 e. The normalized spacial score (nSPS) is 12.1. The predicted molar refractivity (Wildman–Crippen MR) is 100 cm³/mol. The van der Waals surface area contributed by atoms with E-state index in [9.17, 15) is 9.59 Å². The lowest BCUT2D eigenvalue weighted by molar-refractivity contribution is -0.117. The van der Waals surface area contributed by atoms with Gasteiger partial charge in [-0.15, -0.1) is 0 Å². The van der Waals surface area contributed by atoms with Crippen LogP contribution in [-0.2, 0) is 11.2 Å². The lowest BCUT2D eigenvalue weighted by atomic mass is 10.0. The number of para-hydroxylation sites is 1. The number of ketones is 2. The number of Topliss-reactive ketones (excluding diaryl/α,β-unsaturated/α-hetero) is 2. The topological polar surface area (TPSA) is 59.9 Å². The van der Waals surface area contributed by atoms with Gasteiger partial charge in [0.15, 0.2) is 5.78 Å². The number of nitrogens with zero attached hydrogens (tertiary/aromatic N) is 2. The van der Waals surface area contributed by atoms with Crippen LogP contribution in [0.1, 0.15) is 29.8 Å². The minimum absolute atomic E-state index is 0.00387. The van der Waals surface area contributed by atoms with Crippen LogP contribution in [0.2, 0.25) is 0 Å². The number of hydrogen-bond acceptors (Lipinski definition) is 5. The maximum absolute atomic E-state index is 12.6. The fourth-order valence-electron chi connectivity index (χ4n) is 2.55. The van der Waals surface area contributed by atoms with Crippen LogP contribution in [0.4, 0.5) is 0 Å². The predicted octanol–water partition coefficient (Wildman–Crippen LogP) is 4.12. The number of hydrogen-bond donors (Lipinski definition) is 0. The van der Waals surface area contributed by atoms with Crippen molar-refractivity contribution in [1.82, 2.24) is 9.97 Å². The van der Waals surface area contributed by atoms with Crippen LogP contribution in [0.3, 0.4) is 0 Å². The summed E-state index contributed by atoms with van der Waals surface area (Å²) in [5.41, 5.74) is 2.36. The van der Waals surface area contributed by atoms with Gasteiger partial charge in [-0.1, -0.05) is 48.2 Å². The zero-order valence-electron chi connectivity index (χ0n) is 14.1. The molecule has 1 heterocycles.